The Bertz CT molecular complexity index is 891. The van der Waals surface area contributed by atoms with Crippen LogP contribution in [0.15, 0.2) is 4.42 Å². The van der Waals surface area contributed by atoms with Gasteiger partial charge in [-0.2, -0.15) is 0 Å². The lowest BCUT2D eigenvalue weighted by molar-refractivity contribution is -0.0807. The van der Waals surface area contributed by atoms with Gasteiger partial charge >= 0.3 is 12.1 Å². The van der Waals surface area contributed by atoms with Crippen molar-refractivity contribution >= 4 is 12.1 Å². The minimum atomic E-state index is -0.507. The molecule has 170 valence electrons. The molecule has 4 atom stereocenters. The van der Waals surface area contributed by atoms with Gasteiger partial charge in [-0.1, -0.05) is 6.92 Å². The molecule has 1 aromatic heterocycles. The van der Waals surface area contributed by atoms with Crippen molar-refractivity contribution in [2.45, 2.75) is 83.5 Å². The molecule has 2 aliphatic heterocycles. The number of carbonyl (C=O) groups excluding carboxylic acids is 2. The molecule has 2 saturated heterocycles. The number of ether oxygens (including phenoxy) is 1. The number of hydrogen-bond acceptors (Lipinski definition) is 7. The first-order valence-electron chi connectivity index (χ1n) is 11.2. The fourth-order valence-corrected chi connectivity index (χ4v) is 5.60. The molecule has 1 spiro atoms. The molecule has 2 N–H and O–H groups in total. The summed E-state index contributed by atoms with van der Waals surface area (Å²) in [7, 11) is 0. The molecule has 10 heteroatoms. The second-order valence-electron chi connectivity index (χ2n) is 10.8. The lowest BCUT2D eigenvalue weighted by Crippen LogP contribution is -2.46. The molecule has 2 saturated carbocycles. The predicted molar refractivity (Wildman–Crippen MR) is 107 cm³/mol. The zero-order valence-electron chi connectivity index (χ0n) is 18.5. The number of rotatable bonds is 4. The van der Waals surface area contributed by atoms with Crippen LogP contribution >= 0.6 is 0 Å². The topological polar surface area (TPSA) is 121 Å². The molecule has 3 amide bonds. The normalized spacial score (nSPS) is 36.5. The summed E-state index contributed by atoms with van der Waals surface area (Å²) < 4.78 is 11.3. The zero-order valence-corrected chi connectivity index (χ0v) is 18.5. The van der Waals surface area contributed by atoms with Crippen LogP contribution in [0, 0.1) is 17.3 Å². The number of aromatic nitrogens is 2. The Kier molecular flexibility index (Phi) is 4.52. The summed E-state index contributed by atoms with van der Waals surface area (Å²) in [5, 5.41) is 22.5. The van der Waals surface area contributed by atoms with E-state index in [4.69, 9.17) is 9.15 Å². The third-order valence-electron chi connectivity index (χ3n) is 7.41. The second kappa shape index (κ2) is 6.82. The molecule has 31 heavy (non-hydrogen) atoms. The van der Waals surface area contributed by atoms with Gasteiger partial charge in [0.1, 0.15) is 11.6 Å². The van der Waals surface area contributed by atoms with Crippen LogP contribution in [-0.2, 0) is 11.2 Å². The third kappa shape index (κ3) is 3.54. The average molecular weight is 434 g/mol. The van der Waals surface area contributed by atoms with Gasteiger partial charge in [-0.05, 0) is 58.3 Å². The van der Waals surface area contributed by atoms with Gasteiger partial charge < -0.3 is 19.4 Å². The molecule has 10 nitrogen and oxygen atoms in total. The van der Waals surface area contributed by atoms with Gasteiger partial charge in [-0.3, -0.25) is 5.21 Å². The number of fused-ring (bicyclic) bond motifs is 3. The number of amides is 3. The van der Waals surface area contributed by atoms with E-state index in [1.165, 1.54) is 0 Å². The summed E-state index contributed by atoms with van der Waals surface area (Å²) in [5.74, 6) is 1.84. The number of urea groups is 1. The second-order valence-corrected chi connectivity index (χ2v) is 10.8. The van der Waals surface area contributed by atoms with E-state index in [1.807, 2.05) is 20.8 Å². The maximum Gasteiger partial charge on any atom is 0.407 e. The van der Waals surface area contributed by atoms with Crippen molar-refractivity contribution in [1.29, 1.82) is 0 Å². The highest BCUT2D eigenvalue weighted by atomic mass is 16.6. The van der Waals surface area contributed by atoms with Crippen molar-refractivity contribution in [3.63, 3.8) is 0 Å². The van der Waals surface area contributed by atoms with E-state index in [2.05, 4.69) is 22.4 Å². The maximum atomic E-state index is 12.5. The summed E-state index contributed by atoms with van der Waals surface area (Å²) in [5.41, 5.74) is -0.557. The van der Waals surface area contributed by atoms with Gasteiger partial charge in [-0.15, -0.1) is 10.2 Å². The minimum absolute atomic E-state index is 0.0504. The van der Waals surface area contributed by atoms with Crippen LogP contribution in [0.4, 0.5) is 9.59 Å². The SMILES string of the molecule is C[C@@H]1CC12C[C@@H](c1nnc(C[C@H]3C[C@@H](NC(=O)OC(C)(C)C)C3)o1)N1C[C@H]2N(O)C1=O. The Labute approximate surface area is 181 Å². The van der Waals surface area contributed by atoms with Crippen LogP contribution in [0.3, 0.4) is 0 Å². The number of nitrogens with one attached hydrogen (secondary N) is 1. The largest absolute Gasteiger partial charge is 0.444 e. The van der Waals surface area contributed by atoms with Gasteiger partial charge in [0.15, 0.2) is 0 Å². The molecule has 2 aliphatic carbocycles. The van der Waals surface area contributed by atoms with E-state index in [0.717, 1.165) is 30.7 Å². The monoisotopic (exact) mass is 433 g/mol. The number of piperidine rings is 1. The Morgan fingerprint density at radius 1 is 1.32 bits per heavy atom. The Balaban J connectivity index is 1.17. The highest BCUT2D eigenvalue weighted by molar-refractivity contribution is 5.77. The summed E-state index contributed by atoms with van der Waals surface area (Å²) in [6, 6.07) is -0.694. The summed E-state index contributed by atoms with van der Waals surface area (Å²) in [6.45, 7) is 8.20. The first-order chi connectivity index (χ1) is 14.6. The zero-order chi connectivity index (χ0) is 22.1. The van der Waals surface area contributed by atoms with Crippen molar-refractivity contribution in [2.75, 3.05) is 6.54 Å². The number of carbonyl (C=O) groups is 2. The number of nitrogens with zero attached hydrogens (tertiary/aromatic N) is 4. The molecule has 0 radical (unpaired) electrons. The molecule has 1 unspecified atom stereocenters. The van der Waals surface area contributed by atoms with Crippen LogP contribution in [0.2, 0.25) is 0 Å². The standard InChI is InChI=1S/C21H31N5O5/c1-11-8-21(11)9-14(25-10-15(21)26(29)19(25)28)17-24-23-16(30-17)7-12-5-13(6-12)22-18(27)31-20(2,3)4/h11-15,29H,5-10H2,1-4H3,(H,22,27)/t11-,12-,13+,14+,15-,21?/m1/s1. The van der Waals surface area contributed by atoms with Crippen LogP contribution < -0.4 is 5.32 Å². The van der Waals surface area contributed by atoms with Crippen LogP contribution in [0.1, 0.15) is 71.2 Å². The molecular formula is C21H31N5O5. The van der Waals surface area contributed by atoms with Gasteiger partial charge in [0.2, 0.25) is 11.8 Å². The Morgan fingerprint density at radius 2 is 2.03 bits per heavy atom. The van der Waals surface area contributed by atoms with Crippen molar-refractivity contribution in [3.05, 3.63) is 11.8 Å². The van der Waals surface area contributed by atoms with E-state index in [1.54, 1.807) is 4.90 Å². The van der Waals surface area contributed by atoms with E-state index < -0.39 is 5.60 Å². The maximum absolute atomic E-state index is 12.5. The first kappa shape index (κ1) is 20.5. The smallest absolute Gasteiger partial charge is 0.407 e. The van der Waals surface area contributed by atoms with E-state index >= 15 is 0 Å². The van der Waals surface area contributed by atoms with Crippen molar-refractivity contribution in [1.82, 2.24) is 25.5 Å². The molecule has 2 bridgehead atoms. The molecule has 4 aliphatic rings. The van der Waals surface area contributed by atoms with Gasteiger partial charge in [0.25, 0.3) is 0 Å². The van der Waals surface area contributed by atoms with Crippen LogP contribution in [0.25, 0.3) is 0 Å². The Hall–Kier alpha value is -2.36. The molecule has 5 rings (SSSR count). The highest BCUT2D eigenvalue weighted by Gasteiger charge is 2.67. The number of hydrogen-bond donors (Lipinski definition) is 2. The van der Waals surface area contributed by atoms with E-state index in [0.29, 0.717) is 36.6 Å². The fraction of sp³-hybridized carbons (Fsp3) is 0.810. The molecule has 3 heterocycles. The van der Waals surface area contributed by atoms with Crippen molar-refractivity contribution < 1.29 is 24.0 Å². The molecule has 1 aromatic rings. The predicted octanol–water partition coefficient (Wildman–Crippen LogP) is 2.88. The Morgan fingerprint density at radius 3 is 2.68 bits per heavy atom. The van der Waals surface area contributed by atoms with E-state index in [-0.39, 0.29) is 35.7 Å². The number of hydroxylamine groups is 2. The number of alkyl carbamates (subject to hydrolysis) is 1. The summed E-state index contributed by atoms with van der Waals surface area (Å²) in [6.07, 6.45) is 3.69. The lowest BCUT2D eigenvalue weighted by atomic mass is 9.78. The highest BCUT2D eigenvalue weighted by Crippen LogP contribution is 2.65. The average Bonchev–Trinajstić information content (AvgIpc) is 2.99. The van der Waals surface area contributed by atoms with Gasteiger partial charge in [-0.25, -0.2) is 14.7 Å². The molecule has 4 fully saturated rings. The van der Waals surface area contributed by atoms with Gasteiger partial charge in [0, 0.05) is 24.4 Å². The van der Waals surface area contributed by atoms with Crippen LogP contribution in [-0.4, -0.2) is 61.7 Å². The molecular weight excluding hydrogens is 402 g/mol. The van der Waals surface area contributed by atoms with Crippen molar-refractivity contribution in [2.24, 2.45) is 17.3 Å². The molecule has 0 aromatic carbocycles. The van der Waals surface area contributed by atoms with Crippen LogP contribution in [0.5, 0.6) is 0 Å². The third-order valence-corrected chi connectivity index (χ3v) is 7.41. The first-order valence-corrected chi connectivity index (χ1v) is 11.2. The van der Waals surface area contributed by atoms with Gasteiger partial charge in [0.05, 0.1) is 6.04 Å². The van der Waals surface area contributed by atoms with Crippen molar-refractivity contribution in [3.8, 4) is 0 Å². The lowest BCUT2D eigenvalue weighted by Gasteiger charge is -2.35. The fourth-order valence-electron chi connectivity index (χ4n) is 5.60. The minimum Gasteiger partial charge on any atom is -0.444 e. The quantitative estimate of drug-likeness (QED) is 0.700. The summed E-state index contributed by atoms with van der Waals surface area (Å²) >= 11 is 0. The van der Waals surface area contributed by atoms with E-state index in [9.17, 15) is 14.8 Å². The summed E-state index contributed by atoms with van der Waals surface area (Å²) in [4.78, 5) is 26.0.